The zero-order valence-electron chi connectivity index (χ0n) is 19.1. The lowest BCUT2D eigenvalue weighted by molar-refractivity contribution is -0.384. The van der Waals surface area contributed by atoms with Crippen molar-refractivity contribution in [2.45, 2.75) is 19.3 Å². The summed E-state index contributed by atoms with van der Waals surface area (Å²) in [5.74, 6) is 0.582. The number of rotatable bonds is 5. The Morgan fingerprint density at radius 2 is 1.65 bits per heavy atom. The fourth-order valence-electron chi connectivity index (χ4n) is 4.92. The summed E-state index contributed by atoms with van der Waals surface area (Å²) >= 11 is 0. The Morgan fingerprint density at radius 3 is 2.35 bits per heavy atom. The van der Waals surface area contributed by atoms with Crippen molar-refractivity contribution in [3.8, 4) is 11.3 Å². The Kier molecular flexibility index (Phi) is 5.84. The van der Waals surface area contributed by atoms with Crippen molar-refractivity contribution >= 4 is 22.1 Å². The van der Waals surface area contributed by atoms with Gasteiger partial charge >= 0.3 is 0 Å². The number of aromatic nitrogens is 2. The number of fused-ring (bicyclic) bond motifs is 1. The van der Waals surface area contributed by atoms with E-state index in [2.05, 4.69) is 34.3 Å². The van der Waals surface area contributed by atoms with Crippen LogP contribution in [0.2, 0.25) is 0 Å². The van der Waals surface area contributed by atoms with Crippen LogP contribution in [-0.2, 0) is 13.5 Å². The quantitative estimate of drug-likeness (QED) is 0.314. The van der Waals surface area contributed by atoms with Crippen molar-refractivity contribution in [1.29, 1.82) is 0 Å². The minimum absolute atomic E-state index is 0.0683. The fourth-order valence-corrected chi connectivity index (χ4v) is 4.92. The van der Waals surface area contributed by atoms with Gasteiger partial charge in [0.15, 0.2) is 0 Å². The average Bonchev–Trinajstić information content (AvgIpc) is 2.87. The van der Waals surface area contributed by atoms with Crippen molar-refractivity contribution in [2.24, 2.45) is 13.0 Å². The highest BCUT2D eigenvalue weighted by molar-refractivity contribution is 5.94. The minimum atomic E-state index is -0.320. The van der Waals surface area contributed by atoms with Gasteiger partial charge in [-0.15, -0.1) is 0 Å². The van der Waals surface area contributed by atoms with Gasteiger partial charge in [0.25, 0.3) is 11.2 Å². The molecule has 0 aliphatic carbocycles. The Balaban J connectivity index is 1.43. The molecule has 0 saturated carbocycles. The van der Waals surface area contributed by atoms with Gasteiger partial charge < -0.3 is 4.90 Å². The molecule has 1 aliphatic rings. The van der Waals surface area contributed by atoms with Crippen LogP contribution in [0.15, 0.2) is 77.6 Å². The third-order valence-electron chi connectivity index (χ3n) is 6.72. The summed E-state index contributed by atoms with van der Waals surface area (Å²) in [6.07, 6.45) is 3.04. The SMILES string of the molecule is Cn1nc(-c2ccc(N3CCC(Cc4ccccc4)CC3)c([N+](=O)[O-])c2)c2ccccc2c1=O. The second-order valence-electron chi connectivity index (χ2n) is 8.90. The van der Waals surface area contributed by atoms with Gasteiger partial charge in [0.1, 0.15) is 5.69 Å². The molecule has 1 fully saturated rings. The van der Waals surface area contributed by atoms with Crippen molar-refractivity contribution < 1.29 is 4.92 Å². The second-order valence-corrected chi connectivity index (χ2v) is 8.90. The molecule has 1 aromatic heterocycles. The number of hydrogen-bond donors (Lipinski definition) is 0. The van der Waals surface area contributed by atoms with E-state index in [4.69, 9.17) is 0 Å². The average molecular weight is 455 g/mol. The first-order valence-corrected chi connectivity index (χ1v) is 11.5. The van der Waals surface area contributed by atoms with E-state index in [9.17, 15) is 14.9 Å². The van der Waals surface area contributed by atoms with E-state index >= 15 is 0 Å². The van der Waals surface area contributed by atoms with Crippen LogP contribution in [0.3, 0.4) is 0 Å². The number of anilines is 1. The van der Waals surface area contributed by atoms with Crippen LogP contribution in [0.25, 0.3) is 22.0 Å². The topological polar surface area (TPSA) is 81.3 Å². The van der Waals surface area contributed by atoms with E-state index in [1.54, 1.807) is 25.2 Å². The summed E-state index contributed by atoms with van der Waals surface area (Å²) in [4.78, 5) is 26.3. The monoisotopic (exact) mass is 454 g/mol. The second kappa shape index (κ2) is 9.09. The van der Waals surface area contributed by atoms with Gasteiger partial charge in [-0.1, -0.05) is 54.6 Å². The van der Waals surface area contributed by atoms with Crippen LogP contribution < -0.4 is 10.5 Å². The van der Waals surface area contributed by atoms with Gasteiger partial charge in [0.2, 0.25) is 0 Å². The van der Waals surface area contributed by atoms with Gasteiger partial charge in [0.05, 0.1) is 16.0 Å². The lowest BCUT2D eigenvalue weighted by atomic mass is 9.90. The van der Waals surface area contributed by atoms with E-state index in [-0.39, 0.29) is 16.2 Å². The summed E-state index contributed by atoms with van der Waals surface area (Å²) in [7, 11) is 1.60. The lowest BCUT2D eigenvalue weighted by Crippen LogP contribution is -2.34. The van der Waals surface area contributed by atoms with E-state index in [1.165, 1.54) is 10.2 Å². The van der Waals surface area contributed by atoms with Crippen LogP contribution in [-0.4, -0.2) is 27.8 Å². The lowest BCUT2D eigenvalue weighted by Gasteiger charge is -2.33. The van der Waals surface area contributed by atoms with Crippen molar-refractivity contribution in [1.82, 2.24) is 9.78 Å². The van der Waals surface area contributed by atoms with E-state index in [1.807, 2.05) is 30.3 Å². The zero-order chi connectivity index (χ0) is 23.7. The number of piperidine rings is 1. The van der Waals surface area contributed by atoms with Gasteiger partial charge in [-0.25, -0.2) is 4.68 Å². The summed E-state index contributed by atoms with van der Waals surface area (Å²) in [5.41, 5.74) is 3.05. The van der Waals surface area contributed by atoms with Crippen LogP contribution in [0.1, 0.15) is 18.4 Å². The number of aryl methyl sites for hydroxylation is 1. The van der Waals surface area contributed by atoms with Crippen LogP contribution in [0.5, 0.6) is 0 Å². The molecule has 0 atom stereocenters. The normalized spacial score (nSPS) is 14.4. The Morgan fingerprint density at radius 1 is 0.971 bits per heavy atom. The highest BCUT2D eigenvalue weighted by Gasteiger charge is 2.26. The maximum atomic E-state index is 12.5. The Hall–Kier alpha value is -4.00. The fraction of sp³-hybridized carbons (Fsp3) is 0.259. The van der Waals surface area contributed by atoms with Gasteiger partial charge in [0, 0.05) is 37.2 Å². The molecule has 5 rings (SSSR count). The summed E-state index contributed by atoms with van der Waals surface area (Å²) in [5, 5.41) is 17.7. The molecule has 172 valence electrons. The van der Waals surface area contributed by atoms with Crippen molar-refractivity contribution in [2.75, 3.05) is 18.0 Å². The molecule has 0 amide bonds. The molecule has 1 aliphatic heterocycles. The number of nitrogens with zero attached hydrogens (tertiary/aromatic N) is 4. The van der Waals surface area contributed by atoms with E-state index in [0.29, 0.717) is 33.6 Å². The zero-order valence-corrected chi connectivity index (χ0v) is 19.1. The van der Waals surface area contributed by atoms with Gasteiger partial charge in [-0.2, -0.15) is 5.10 Å². The molecule has 2 heterocycles. The maximum absolute atomic E-state index is 12.5. The first-order valence-electron chi connectivity index (χ1n) is 11.5. The predicted octanol–water partition coefficient (Wildman–Crippen LogP) is 4.97. The molecule has 0 radical (unpaired) electrons. The minimum Gasteiger partial charge on any atom is -0.366 e. The smallest absolute Gasteiger partial charge is 0.293 e. The van der Waals surface area contributed by atoms with E-state index < -0.39 is 0 Å². The number of hydrogen-bond acceptors (Lipinski definition) is 5. The third-order valence-corrected chi connectivity index (χ3v) is 6.72. The number of nitro groups is 1. The van der Waals surface area contributed by atoms with E-state index in [0.717, 1.165) is 32.4 Å². The molecule has 0 N–H and O–H groups in total. The molecular formula is C27H26N4O3. The van der Waals surface area contributed by atoms with Crippen LogP contribution in [0.4, 0.5) is 11.4 Å². The molecule has 3 aromatic carbocycles. The van der Waals surface area contributed by atoms with Crippen LogP contribution >= 0.6 is 0 Å². The summed E-state index contributed by atoms with van der Waals surface area (Å²) in [6, 6.07) is 23.0. The predicted molar refractivity (Wildman–Crippen MR) is 134 cm³/mol. The molecule has 0 spiro atoms. The first kappa shape index (κ1) is 21.8. The molecule has 1 saturated heterocycles. The summed E-state index contributed by atoms with van der Waals surface area (Å²) < 4.78 is 1.29. The highest BCUT2D eigenvalue weighted by Crippen LogP contribution is 2.36. The number of nitro benzene ring substituents is 1. The first-order chi connectivity index (χ1) is 16.5. The van der Waals surface area contributed by atoms with Gasteiger partial charge in [-0.3, -0.25) is 14.9 Å². The largest absolute Gasteiger partial charge is 0.366 e. The number of benzene rings is 3. The molecule has 7 heteroatoms. The molecular weight excluding hydrogens is 428 g/mol. The van der Waals surface area contributed by atoms with Crippen molar-refractivity contribution in [3.63, 3.8) is 0 Å². The molecule has 34 heavy (non-hydrogen) atoms. The van der Waals surface area contributed by atoms with Crippen LogP contribution in [0, 0.1) is 16.0 Å². The Bertz CT molecular complexity index is 1410. The standard InChI is InChI=1S/C27H26N4O3/c1-29-27(32)23-10-6-5-9-22(23)26(28-29)21-11-12-24(25(18-21)31(33)34)30-15-13-20(14-16-30)17-19-7-3-2-4-8-19/h2-12,18,20H,13-17H2,1H3. The maximum Gasteiger partial charge on any atom is 0.293 e. The van der Waals surface area contributed by atoms with Gasteiger partial charge in [-0.05, 0) is 42.9 Å². The molecule has 7 nitrogen and oxygen atoms in total. The van der Waals surface area contributed by atoms with Crippen molar-refractivity contribution in [3.05, 3.63) is 98.8 Å². The third kappa shape index (κ3) is 4.17. The summed E-state index contributed by atoms with van der Waals surface area (Å²) in [6.45, 7) is 1.58. The Labute approximate surface area is 197 Å². The molecule has 0 bridgehead atoms. The molecule has 4 aromatic rings. The highest BCUT2D eigenvalue weighted by atomic mass is 16.6. The molecule has 0 unspecified atom stereocenters.